The van der Waals surface area contributed by atoms with Gasteiger partial charge in [0.05, 0.1) is 24.9 Å². The first-order chi connectivity index (χ1) is 15.0. The fraction of sp³-hybridized carbons (Fsp3) is 0.391. The van der Waals surface area contributed by atoms with Crippen molar-refractivity contribution >= 4 is 17.7 Å². The summed E-state index contributed by atoms with van der Waals surface area (Å²) in [7, 11) is 0. The van der Waals surface area contributed by atoms with Crippen LogP contribution in [0.1, 0.15) is 24.5 Å². The number of amides is 2. The fourth-order valence-corrected chi connectivity index (χ4v) is 4.16. The third-order valence-corrected chi connectivity index (χ3v) is 5.70. The molecule has 31 heavy (non-hydrogen) atoms. The lowest BCUT2D eigenvalue weighted by Gasteiger charge is -2.16. The molecule has 164 valence electrons. The normalized spacial score (nSPS) is 19.2. The van der Waals surface area contributed by atoms with Crippen LogP contribution in [0.25, 0.3) is 11.1 Å². The molecule has 2 aliphatic heterocycles. The van der Waals surface area contributed by atoms with Gasteiger partial charge < -0.3 is 15.4 Å². The number of hydrogen-bond donors (Lipinski definition) is 2. The Bertz CT molecular complexity index is 981. The lowest BCUT2D eigenvalue weighted by Crippen LogP contribution is -2.40. The Morgan fingerprint density at radius 3 is 2.74 bits per heavy atom. The number of hydrogen-bond acceptors (Lipinski definition) is 4. The largest absolute Gasteiger partial charge is 0.442 e. The molecular weight excluding hydrogens is 404 g/mol. The molecule has 4 rings (SSSR count). The molecule has 2 atom stereocenters. The van der Waals surface area contributed by atoms with E-state index in [1.54, 1.807) is 6.07 Å². The molecule has 2 heterocycles. The average Bonchev–Trinajstić information content (AvgIpc) is 3.26. The SMILES string of the molecule is CC(=O)NCC1OC(=O)N2c3cc(F)c(-c4ccc(CNCCCF)cc4)cc3C[C@@H]12. The van der Waals surface area contributed by atoms with Crippen molar-refractivity contribution in [1.29, 1.82) is 0 Å². The van der Waals surface area contributed by atoms with Crippen LogP contribution in [0, 0.1) is 5.82 Å². The number of fused-ring (bicyclic) bond motifs is 3. The number of rotatable bonds is 8. The van der Waals surface area contributed by atoms with Crippen molar-refractivity contribution in [2.75, 3.05) is 24.7 Å². The van der Waals surface area contributed by atoms with Crippen molar-refractivity contribution in [2.45, 2.75) is 38.5 Å². The molecule has 6 nitrogen and oxygen atoms in total. The van der Waals surface area contributed by atoms with E-state index >= 15 is 0 Å². The Hall–Kier alpha value is -3.00. The van der Waals surface area contributed by atoms with Crippen molar-refractivity contribution in [3.8, 4) is 11.1 Å². The Balaban J connectivity index is 1.51. The summed E-state index contributed by atoms with van der Waals surface area (Å²) in [4.78, 5) is 25.0. The lowest BCUT2D eigenvalue weighted by atomic mass is 9.98. The van der Waals surface area contributed by atoms with Gasteiger partial charge in [0.2, 0.25) is 5.91 Å². The minimum absolute atomic E-state index is 0.195. The van der Waals surface area contributed by atoms with E-state index in [1.807, 2.05) is 24.3 Å². The van der Waals surface area contributed by atoms with Gasteiger partial charge in [0.25, 0.3) is 0 Å². The molecule has 2 aromatic carbocycles. The second kappa shape index (κ2) is 9.01. The van der Waals surface area contributed by atoms with Crippen LogP contribution in [0.15, 0.2) is 36.4 Å². The summed E-state index contributed by atoms with van der Waals surface area (Å²) >= 11 is 0. The van der Waals surface area contributed by atoms with Crippen LogP contribution in [-0.2, 0) is 22.5 Å². The number of carbonyl (C=O) groups excluding carboxylic acids is 2. The number of ether oxygens (including phenoxy) is 1. The van der Waals surface area contributed by atoms with Gasteiger partial charge in [-0.15, -0.1) is 0 Å². The van der Waals surface area contributed by atoms with Gasteiger partial charge in [-0.2, -0.15) is 0 Å². The monoisotopic (exact) mass is 429 g/mol. The van der Waals surface area contributed by atoms with Gasteiger partial charge >= 0.3 is 6.09 Å². The first-order valence-corrected chi connectivity index (χ1v) is 10.4. The zero-order valence-corrected chi connectivity index (χ0v) is 17.3. The zero-order valence-electron chi connectivity index (χ0n) is 17.3. The van der Waals surface area contributed by atoms with Crippen LogP contribution in [-0.4, -0.2) is 43.9 Å². The summed E-state index contributed by atoms with van der Waals surface area (Å²) in [6.07, 6.45) is 0.0283. The summed E-state index contributed by atoms with van der Waals surface area (Å²) in [5.74, 6) is -0.606. The maximum absolute atomic E-state index is 15.0. The minimum Gasteiger partial charge on any atom is -0.442 e. The van der Waals surface area contributed by atoms with Gasteiger partial charge in [0.1, 0.15) is 11.9 Å². The molecular formula is C23H25F2N3O3. The van der Waals surface area contributed by atoms with E-state index in [-0.39, 0.29) is 25.2 Å². The Morgan fingerprint density at radius 1 is 1.26 bits per heavy atom. The number of benzene rings is 2. The van der Waals surface area contributed by atoms with Crippen molar-refractivity contribution in [3.63, 3.8) is 0 Å². The van der Waals surface area contributed by atoms with Crippen LogP contribution in [0.4, 0.5) is 19.3 Å². The maximum Gasteiger partial charge on any atom is 0.415 e. The second-order valence-corrected chi connectivity index (χ2v) is 7.88. The van der Waals surface area contributed by atoms with Crippen LogP contribution < -0.4 is 15.5 Å². The van der Waals surface area contributed by atoms with Gasteiger partial charge in [-0.05, 0) is 48.2 Å². The number of cyclic esters (lactones) is 1. The molecule has 2 aromatic rings. The summed E-state index contributed by atoms with van der Waals surface area (Å²) < 4.78 is 32.5. The number of carbonyl (C=O) groups is 2. The minimum atomic E-state index is -0.518. The molecule has 0 saturated carbocycles. The smallest absolute Gasteiger partial charge is 0.415 e. The molecule has 0 bridgehead atoms. The quantitative estimate of drug-likeness (QED) is 0.632. The molecule has 1 saturated heterocycles. The summed E-state index contributed by atoms with van der Waals surface area (Å²) in [5.41, 5.74) is 3.66. The van der Waals surface area contributed by atoms with E-state index in [1.165, 1.54) is 17.9 Å². The highest BCUT2D eigenvalue weighted by Gasteiger charge is 2.47. The van der Waals surface area contributed by atoms with Crippen molar-refractivity contribution in [2.24, 2.45) is 0 Å². The highest BCUT2D eigenvalue weighted by atomic mass is 19.1. The third-order valence-electron chi connectivity index (χ3n) is 5.70. The van der Waals surface area contributed by atoms with Gasteiger partial charge in [-0.25, -0.2) is 9.18 Å². The van der Waals surface area contributed by atoms with Crippen molar-refractivity contribution < 1.29 is 23.1 Å². The molecule has 1 fully saturated rings. The van der Waals surface area contributed by atoms with Crippen LogP contribution >= 0.6 is 0 Å². The highest BCUT2D eigenvalue weighted by Crippen LogP contribution is 2.41. The third kappa shape index (κ3) is 4.39. The number of nitrogens with zero attached hydrogens (tertiary/aromatic N) is 1. The van der Waals surface area contributed by atoms with Crippen LogP contribution in [0.3, 0.4) is 0 Å². The van der Waals surface area contributed by atoms with Gasteiger partial charge in [0, 0.05) is 19.0 Å². The maximum atomic E-state index is 15.0. The average molecular weight is 429 g/mol. The van der Waals surface area contributed by atoms with Gasteiger partial charge in [-0.1, -0.05) is 24.3 Å². The van der Waals surface area contributed by atoms with E-state index in [0.29, 0.717) is 37.2 Å². The standard InChI is InChI=1S/C23H25F2N3O3/c1-14(29)27-13-22-21-10-17-9-18(19(25)11-20(17)28(21)23(30)31-22)16-5-3-15(4-6-16)12-26-8-2-7-24/h3-6,9,11,21-22,26H,2,7-8,10,12-13H2,1H3,(H,27,29)/t21-,22?/m0/s1. The summed E-state index contributed by atoms with van der Waals surface area (Å²) in [6.45, 7) is 2.53. The molecule has 2 amide bonds. The predicted octanol–water partition coefficient (Wildman–Crippen LogP) is 3.33. The highest BCUT2D eigenvalue weighted by molar-refractivity contribution is 5.94. The summed E-state index contributed by atoms with van der Waals surface area (Å²) in [6, 6.07) is 10.5. The number of halogens is 2. The first kappa shape index (κ1) is 21.2. The topological polar surface area (TPSA) is 70.7 Å². The molecule has 2 aliphatic rings. The molecule has 0 radical (unpaired) electrons. The Kier molecular flexibility index (Phi) is 6.18. The molecule has 1 unspecified atom stereocenters. The molecule has 0 aromatic heterocycles. The number of nitrogens with one attached hydrogen (secondary N) is 2. The second-order valence-electron chi connectivity index (χ2n) is 7.88. The van der Waals surface area contributed by atoms with E-state index in [4.69, 9.17) is 4.74 Å². The van der Waals surface area contributed by atoms with E-state index in [9.17, 15) is 18.4 Å². The fourth-order valence-electron chi connectivity index (χ4n) is 4.16. The van der Waals surface area contributed by atoms with Crippen LogP contribution in [0.5, 0.6) is 0 Å². The van der Waals surface area contributed by atoms with E-state index in [2.05, 4.69) is 10.6 Å². The first-order valence-electron chi connectivity index (χ1n) is 10.4. The number of anilines is 1. The Morgan fingerprint density at radius 2 is 2.03 bits per heavy atom. The van der Waals surface area contributed by atoms with Crippen molar-refractivity contribution in [3.05, 3.63) is 53.3 Å². The van der Waals surface area contributed by atoms with E-state index < -0.39 is 18.0 Å². The van der Waals surface area contributed by atoms with Crippen LogP contribution in [0.2, 0.25) is 0 Å². The summed E-state index contributed by atoms with van der Waals surface area (Å²) in [5, 5.41) is 5.85. The molecule has 0 aliphatic carbocycles. The molecule has 0 spiro atoms. The van der Waals surface area contributed by atoms with Gasteiger partial charge in [0.15, 0.2) is 0 Å². The molecule has 8 heteroatoms. The van der Waals surface area contributed by atoms with Crippen molar-refractivity contribution in [1.82, 2.24) is 10.6 Å². The predicted molar refractivity (Wildman–Crippen MR) is 113 cm³/mol. The number of alkyl halides is 1. The van der Waals surface area contributed by atoms with Gasteiger partial charge in [-0.3, -0.25) is 14.1 Å². The molecule has 2 N–H and O–H groups in total. The lowest BCUT2D eigenvalue weighted by molar-refractivity contribution is -0.119. The van der Waals surface area contributed by atoms with E-state index in [0.717, 1.165) is 16.7 Å². The Labute approximate surface area is 179 Å². The zero-order chi connectivity index (χ0) is 22.0.